The quantitative estimate of drug-likeness (QED) is 0.0261. The summed E-state index contributed by atoms with van der Waals surface area (Å²) >= 11 is 5.39. The van der Waals surface area contributed by atoms with Crippen LogP contribution in [-0.2, 0) is 34.5 Å². The molecule has 2 unspecified atom stereocenters. The zero-order chi connectivity index (χ0) is 48.7. The van der Waals surface area contributed by atoms with Gasteiger partial charge in [-0.3, -0.25) is 20.2 Å². The number of fused-ring (bicyclic) bond motifs is 1. The van der Waals surface area contributed by atoms with Gasteiger partial charge >= 0.3 is 6.01 Å². The number of hydrogen-bond donors (Lipinski definition) is 5. The molecule has 2 aromatic carbocycles. The molecule has 23 heteroatoms. The summed E-state index contributed by atoms with van der Waals surface area (Å²) in [6.45, 7) is 4.21. The number of carbonyl (C=O) groups is 1. The lowest BCUT2D eigenvalue weighted by Crippen LogP contribution is -2.40. The Morgan fingerprint density at radius 3 is 2.39 bits per heavy atom. The van der Waals surface area contributed by atoms with Gasteiger partial charge in [0.15, 0.2) is 10.6 Å². The maximum atomic E-state index is 15.0. The average molecular weight is 980 g/mol. The summed E-state index contributed by atoms with van der Waals surface area (Å²) in [4.78, 5) is 18.7. The molecule has 0 spiro atoms. The largest absolute Gasteiger partial charge is 0.615 e. The highest BCUT2D eigenvalue weighted by molar-refractivity contribution is 7.93. The highest BCUT2D eigenvalue weighted by atomic mass is 35.5. The lowest BCUT2D eigenvalue weighted by Gasteiger charge is -2.24. The molecule has 5 N–H and O–H groups in total. The third-order valence-corrected chi connectivity index (χ3v) is 13.2. The maximum Gasteiger partial charge on any atom is 0.321 e. The summed E-state index contributed by atoms with van der Waals surface area (Å²) in [6.07, 6.45) is -6.72. The molecule has 1 saturated carbocycles. The van der Waals surface area contributed by atoms with Gasteiger partial charge in [0, 0.05) is 29.2 Å². The fourth-order valence-corrected chi connectivity index (χ4v) is 9.25. The predicted molar refractivity (Wildman–Crippen MR) is 233 cm³/mol. The van der Waals surface area contributed by atoms with Crippen LogP contribution in [0.5, 0.6) is 0 Å². The van der Waals surface area contributed by atoms with Crippen LogP contribution in [0.3, 0.4) is 0 Å². The van der Waals surface area contributed by atoms with Gasteiger partial charge in [-0.25, -0.2) is 31.3 Å². The summed E-state index contributed by atoms with van der Waals surface area (Å²) in [5, 5.41) is 37.7. The number of benzene rings is 2. The minimum Gasteiger partial charge on any atom is -0.615 e. The van der Waals surface area contributed by atoms with Crippen molar-refractivity contribution in [3.63, 3.8) is 0 Å². The molecule has 3 heterocycles. The second-order valence-corrected chi connectivity index (χ2v) is 19.6. The van der Waals surface area contributed by atoms with Gasteiger partial charge in [-0.05, 0) is 112 Å². The van der Waals surface area contributed by atoms with Crippen molar-refractivity contribution < 1.29 is 54.0 Å². The molecule has 2 atom stereocenters. The van der Waals surface area contributed by atoms with Crippen LogP contribution in [0.4, 0.5) is 47.0 Å². The Kier molecular flexibility index (Phi) is 14.0. The van der Waals surface area contributed by atoms with Gasteiger partial charge in [0.1, 0.15) is 40.4 Å². The Morgan fingerprint density at radius 1 is 1.07 bits per heavy atom. The Labute approximate surface area is 385 Å². The smallest absolute Gasteiger partial charge is 0.321 e. The Hall–Kier alpha value is -5.76. The van der Waals surface area contributed by atoms with Gasteiger partial charge in [-0.2, -0.15) is 13.9 Å². The number of aliphatic hydroxyl groups is 1. The number of pyridine rings is 1. The molecule has 7 rings (SSSR count). The van der Waals surface area contributed by atoms with Crippen LogP contribution in [0, 0.1) is 28.9 Å². The number of allylic oxidation sites excluding steroid dienone is 2. The second-order valence-electron chi connectivity index (χ2n) is 17.0. The first kappa shape index (κ1) is 49.2. The normalized spacial score (nSPS) is 16.1. The van der Waals surface area contributed by atoms with Gasteiger partial charge in [0.25, 0.3) is 18.8 Å². The number of carbonyl (C=O) groups excluding carboxylic acids is 1. The molecule has 356 valence electrons. The van der Waals surface area contributed by atoms with Crippen molar-refractivity contribution in [3.8, 4) is 23.0 Å². The van der Waals surface area contributed by atoms with E-state index in [-0.39, 0.29) is 67.0 Å². The fraction of sp³-hybridized carbons (Fsp3) is 0.409. The summed E-state index contributed by atoms with van der Waals surface area (Å²) in [7, 11) is 0. The van der Waals surface area contributed by atoms with E-state index in [1.165, 1.54) is 38.1 Å². The summed E-state index contributed by atoms with van der Waals surface area (Å²) < 4.78 is 134. The zero-order valence-electron chi connectivity index (χ0n) is 36.0. The number of hydrogen-bond acceptors (Lipinski definition) is 11. The van der Waals surface area contributed by atoms with Crippen molar-refractivity contribution >= 4 is 57.1 Å². The van der Waals surface area contributed by atoms with Gasteiger partial charge in [0.05, 0.1) is 39.9 Å². The van der Waals surface area contributed by atoms with Gasteiger partial charge < -0.3 is 24.7 Å². The number of anilines is 2. The molecule has 0 saturated heterocycles. The Balaban J connectivity index is 1.39. The molecule has 0 radical (unpaired) electrons. The maximum absolute atomic E-state index is 15.0. The van der Waals surface area contributed by atoms with Crippen LogP contribution >= 0.6 is 11.6 Å². The molecule has 3 aromatic heterocycles. The van der Waals surface area contributed by atoms with Gasteiger partial charge in [-0.1, -0.05) is 22.8 Å². The minimum absolute atomic E-state index is 0.00430. The molecule has 2 aliphatic rings. The number of nitrogens with one attached hydrogen (secondary N) is 4. The van der Waals surface area contributed by atoms with E-state index in [1.807, 2.05) is 0 Å². The molecule has 0 bridgehead atoms. The Morgan fingerprint density at radius 2 is 1.76 bits per heavy atom. The molecule has 1 amide bonds. The molecule has 1 fully saturated rings. The van der Waals surface area contributed by atoms with Gasteiger partial charge in [0.2, 0.25) is 11.8 Å². The van der Waals surface area contributed by atoms with E-state index >= 15 is 8.78 Å². The number of halogens is 9. The third-order valence-electron chi connectivity index (χ3n) is 10.7. The van der Waals surface area contributed by atoms with E-state index in [0.29, 0.717) is 6.07 Å². The molecular weight excluding hydrogens is 938 g/mol. The molecule has 13 nitrogen and oxygen atoms in total. The fourth-order valence-electron chi connectivity index (χ4n) is 7.46. The summed E-state index contributed by atoms with van der Waals surface area (Å²) in [5.74, 6) is -1.12. The minimum atomic E-state index is -3.69. The van der Waals surface area contributed by atoms with Crippen molar-refractivity contribution in [3.05, 3.63) is 93.2 Å². The van der Waals surface area contributed by atoms with Crippen LogP contribution in [0.15, 0.2) is 58.2 Å². The standard InChI is InChI=1S/C44H42ClF8N9O4S/c1-42(2,67(65)25-6-7-25)13-11-24-5-8-26(27-9-10-29(45)33-36(27)62(20-31(48)49)61-39(33)58-41-60-59-40(66-41)43(3,4)64)35(56-24)30(17-21-15-22(46)18-23(47)16-21)57-32(63)19-55-37-28(34(54)38(50)51)12-14-44(37,52)53/h5,8-10,15-16,18,25,30-31,38,54-55,64H,6-7,12,14,17,19-20H2,1-4H3,(H,57,63)(H,58,60,61). The van der Waals surface area contributed by atoms with E-state index in [0.717, 1.165) is 29.7 Å². The Bertz CT molecular complexity index is 2800. The van der Waals surface area contributed by atoms with Crippen molar-refractivity contribution in [2.45, 2.75) is 107 Å². The van der Waals surface area contributed by atoms with Crippen molar-refractivity contribution in [2.24, 2.45) is 0 Å². The lowest BCUT2D eigenvalue weighted by molar-refractivity contribution is -0.121. The number of amides is 1. The van der Waals surface area contributed by atoms with Crippen molar-refractivity contribution in [1.82, 2.24) is 35.6 Å². The van der Waals surface area contributed by atoms with Crippen LogP contribution in [0.2, 0.25) is 5.02 Å². The SMILES string of the molecule is CC(C)(O)c1nnc(Nc2nn(CC(F)F)c3c(-c4ccc(C#CC(C)(C)[S+]([O-])C5CC5)nc4C(Cc4cc(F)cc(F)c4)NC(=O)CNC4=C(C(=N)C(F)F)CCC4(F)F)ccc(Cl)c23)o1. The van der Waals surface area contributed by atoms with Crippen LogP contribution in [0.1, 0.15) is 82.3 Å². The summed E-state index contributed by atoms with van der Waals surface area (Å²) in [5.41, 5.74) is -4.46. The number of aromatic nitrogens is 5. The average Bonchev–Trinajstić information content (AvgIpc) is 3.74. The topological polar surface area (TPSA) is 190 Å². The van der Waals surface area contributed by atoms with E-state index < -0.39 is 113 Å². The van der Waals surface area contributed by atoms with E-state index in [4.69, 9.17) is 26.4 Å². The van der Waals surface area contributed by atoms with E-state index in [1.54, 1.807) is 13.8 Å². The van der Waals surface area contributed by atoms with Crippen molar-refractivity contribution in [1.29, 1.82) is 5.41 Å². The number of rotatable bonds is 17. The predicted octanol–water partition coefficient (Wildman–Crippen LogP) is 8.65. The monoisotopic (exact) mass is 979 g/mol. The first-order chi connectivity index (χ1) is 31.4. The lowest BCUT2D eigenvalue weighted by atomic mass is 9.93. The molecule has 5 aromatic rings. The first-order valence-electron chi connectivity index (χ1n) is 20.6. The van der Waals surface area contributed by atoms with Gasteiger partial charge in [-0.15, -0.1) is 5.10 Å². The number of alkyl halides is 6. The number of nitrogens with zero attached hydrogens (tertiary/aromatic N) is 5. The molecule has 67 heavy (non-hydrogen) atoms. The second kappa shape index (κ2) is 19.1. The van der Waals surface area contributed by atoms with Crippen LogP contribution in [-0.4, -0.2) is 81.6 Å². The zero-order valence-corrected chi connectivity index (χ0v) is 37.6. The van der Waals surface area contributed by atoms with Crippen LogP contribution < -0.4 is 16.0 Å². The highest BCUT2D eigenvalue weighted by Crippen LogP contribution is 2.42. The van der Waals surface area contributed by atoms with E-state index in [9.17, 15) is 40.8 Å². The molecule has 0 aliphatic heterocycles. The summed E-state index contributed by atoms with van der Waals surface area (Å²) in [6, 6.07) is 6.63. The van der Waals surface area contributed by atoms with Crippen LogP contribution in [0.25, 0.3) is 22.0 Å². The third kappa shape index (κ3) is 11.2. The molecular formula is C44H42ClF8N9O4S. The highest BCUT2D eigenvalue weighted by Gasteiger charge is 2.45. The van der Waals surface area contributed by atoms with Crippen molar-refractivity contribution in [2.75, 3.05) is 11.9 Å². The van der Waals surface area contributed by atoms with E-state index in [2.05, 4.69) is 43.1 Å². The molecule has 2 aliphatic carbocycles. The first-order valence-corrected chi connectivity index (χ1v) is 22.2.